The highest BCUT2D eigenvalue weighted by atomic mass is 19.4. The van der Waals surface area contributed by atoms with E-state index in [1.54, 1.807) is 18.5 Å². The number of aromatic nitrogens is 2. The van der Waals surface area contributed by atoms with Gasteiger partial charge in [0.25, 0.3) is 0 Å². The summed E-state index contributed by atoms with van der Waals surface area (Å²) < 4.78 is 39.1. The van der Waals surface area contributed by atoms with Crippen molar-refractivity contribution in [2.75, 3.05) is 6.54 Å². The molecule has 0 bridgehead atoms. The average Bonchev–Trinajstić information content (AvgIpc) is 3.15. The van der Waals surface area contributed by atoms with Crippen LogP contribution in [-0.4, -0.2) is 33.4 Å². The Morgan fingerprint density at radius 1 is 1.33 bits per heavy atom. The second kappa shape index (κ2) is 6.64. The number of H-pyrrole nitrogens is 1. The quantitative estimate of drug-likeness (QED) is 0.880. The maximum absolute atomic E-state index is 13.0. The normalized spacial score (nSPS) is 18.4. The third kappa shape index (κ3) is 3.76. The van der Waals surface area contributed by atoms with Gasteiger partial charge in [-0.2, -0.15) is 13.2 Å². The lowest BCUT2D eigenvalue weighted by Gasteiger charge is -2.20. The molecule has 1 atom stereocenters. The number of alkyl halides is 3. The average molecular weight is 338 g/mol. The van der Waals surface area contributed by atoms with Crippen LogP contribution in [0.1, 0.15) is 23.4 Å². The van der Waals surface area contributed by atoms with Crippen molar-refractivity contribution < 1.29 is 18.0 Å². The molecule has 3 rings (SSSR count). The van der Waals surface area contributed by atoms with Crippen LogP contribution in [0, 0.1) is 0 Å². The smallest absolute Gasteiger partial charge is 0.348 e. The highest BCUT2D eigenvalue weighted by Gasteiger charge is 2.35. The number of likely N-dealkylation sites (tertiary alicyclic amines) is 1. The Morgan fingerprint density at radius 3 is 2.83 bits per heavy atom. The lowest BCUT2D eigenvalue weighted by Crippen LogP contribution is -2.32. The van der Waals surface area contributed by atoms with Gasteiger partial charge in [-0.25, -0.2) is 4.98 Å². The van der Waals surface area contributed by atoms with E-state index in [4.69, 9.17) is 0 Å². The highest BCUT2D eigenvalue weighted by Crippen LogP contribution is 2.32. The van der Waals surface area contributed by atoms with Gasteiger partial charge < -0.3 is 15.2 Å². The lowest BCUT2D eigenvalue weighted by molar-refractivity contribution is -0.139. The standard InChI is InChI=1S/C16H17F3N4O/c17-16(18,19)13-4-2-1-3-11(13)9-23-10-12(7-15(23)24)22-8-14-20-5-6-21-14/h1-6,12,22H,7-10H2,(H,20,21)/t12-/m0/s1. The van der Waals surface area contributed by atoms with Crippen molar-refractivity contribution in [2.24, 2.45) is 0 Å². The van der Waals surface area contributed by atoms with Crippen LogP contribution < -0.4 is 5.32 Å². The number of carbonyl (C=O) groups is 1. The molecule has 1 aliphatic heterocycles. The van der Waals surface area contributed by atoms with Gasteiger partial charge in [-0.1, -0.05) is 18.2 Å². The molecule has 1 aliphatic rings. The summed E-state index contributed by atoms with van der Waals surface area (Å²) >= 11 is 0. The molecule has 0 spiro atoms. The van der Waals surface area contributed by atoms with E-state index in [2.05, 4.69) is 15.3 Å². The van der Waals surface area contributed by atoms with E-state index in [0.29, 0.717) is 13.1 Å². The van der Waals surface area contributed by atoms with E-state index in [-0.39, 0.29) is 30.5 Å². The SMILES string of the molecule is O=C1C[C@H](NCc2ncc[nH]2)CN1Cc1ccccc1C(F)(F)F. The first kappa shape index (κ1) is 16.5. The van der Waals surface area contributed by atoms with Crippen molar-refractivity contribution in [3.8, 4) is 0 Å². The second-order valence-electron chi connectivity index (χ2n) is 5.75. The molecule has 0 radical (unpaired) electrons. The molecule has 5 nitrogen and oxygen atoms in total. The summed E-state index contributed by atoms with van der Waals surface area (Å²) in [6.45, 7) is 0.830. The van der Waals surface area contributed by atoms with Crippen LogP contribution in [0.25, 0.3) is 0 Å². The molecule has 2 aromatic rings. The van der Waals surface area contributed by atoms with Gasteiger partial charge in [-0.05, 0) is 11.6 Å². The molecule has 0 aliphatic carbocycles. The Hall–Kier alpha value is -2.35. The molecular weight excluding hydrogens is 321 g/mol. The molecule has 1 saturated heterocycles. The van der Waals surface area contributed by atoms with E-state index < -0.39 is 11.7 Å². The summed E-state index contributed by atoms with van der Waals surface area (Å²) in [6.07, 6.45) is -0.806. The largest absolute Gasteiger partial charge is 0.416 e. The predicted octanol–water partition coefficient (Wildman–Crippen LogP) is 2.32. The van der Waals surface area contributed by atoms with Crippen molar-refractivity contribution >= 4 is 5.91 Å². The van der Waals surface area contributed by atoms with Crippen LogP contribution >= 0.6 is 0 Å². The van der Waals surface area contributed by atoms with Gasteiger partial charge in [0.15, 0.2) is 0 Å². The Bertz CT molecular complexity index is 700. The van der Waals surface area contributed by atoms with Gasteiger partial charge in [0.05, 0.1) is 12.1 Å². The fourth-order valence-electron chi connectivity index (χ4n) is 2.84. The van der Waals surface area contributed by atoms with E-state index in [0.717, 1.165) is 11.9 Å². The van der Waals surface area contributed by atoms with Crippen LogP contribution in [0.3, 0.4) is 0 Å². The zero-order chi connectivity index (χ0) is 17.2. The molecule has 1 aromatic carbocycles. The Balaban J connectivity index is 1.63. The molecule has 2 N–H and O–H groups in total. The first-order chi connectivity index (χ1) is 11.4. The molecule has 1 amide bonds. The Labute approximate surface area is 136 Å². The van der Waals surface area contributed by atoms with Crippen LogP contribution in [-0.2, 0) is 24.1 Å². The number of rotatable bonds is 5. The number of benzene rings is 1. The molecule has 8 heteroatoms. The summed E-state index contributed by atoms with van der Waals surface area (Å²) in [5, 5.41) is 3.20. The summed E-state index contributed by atoms with van der Waals surface area (Å²) in [5.41, 5.74) is -0.574. The molecule has 1 aromatic heterocycles. The zero-order valence-corrected chi connectivity index (χ0v) is 12.8. The zero-order valence-electron chi connectivity index (χ0n) is 12.8. The lowest BCUT2D eigenvalue weighted by atomic mass is 10.1. The molecule has 0 saturated carbocycles. The maximum atomic E-state index is 13.0. The number of nitrogens with one attached hydrogen (secondary N) is 2. The Morgan fingerprint density at radius 2 is 2.12 bits per heavy atom. The van der Waals surface area contributed by atoms with Gasteiger partial charge >= 0.3 is 6.18 Å². The fourth-order valence-corrected chi connectivity index (χ4v) is 2.84. The minimum atomic E-state index is -4.42. The number of hydrogen-bond acceptors (Lipinski definition) is 3. The molecule has 24 heavy (non-hydrogen) atoms. The van der Waals surface area contributed by atoms with Crippen molar-refractivity contribution in [3.05, 3.63) is 53.6 Å². The van der Waals surface area contributed by atoms with Gasteiger partial charge in [-0.15, -0.1) is 0 Å². The van der Waals surface area contributed by atoms with E-state index in [9.17, 15) is 18.0 Å². The van der Waals surface area contributed by atoms with E-state index >= 15 is 0 Å². The fraction of sp³-hybridized carbons (Fsp3) is 0.375. The summed E-state index contributed by atoms with van der Waals surface area (Å²) in [6, 6.07) is 5.27. The predicted molar refractivity (Wildman–Crippen MR) is 80.7 cm³/mol. The van der Waals surface area contributed by atoms with E-state index in [1.165, 1.54) is 17.0 Å². The number of carbonyl (C=O) groups excluding carboxylic acids is 1. The monoisotopic (exact) mass is 338 g/mol. The molecule has 1 fully saturated rings. The minimum absolute atomic E-state index is 0.0343. The number of hydrogen-bond donors (Lipinski definition) is 2. The number of halogens is 3. The van der Waals surface area contributed by atoms with E-state index in [1.807, 2.05) is 0 Å². The van der Waals surface area contributed by atoms with Crippen molar-refractivity contribution in [1.29, 1.82) is 0 Å². The number of imidazole rings is 1. The van der Waals surface area contributed by atoms with Crippen LogP contribution in [0.5, 0.6) is 0 Å². The van der Waals surface area contributed by atoms with Crippen LogP contribution in [0.15, 0.2) is 36.7 Å². The van der Waals surface area contributed by atoms with Gasteiger partial charge in [-0.3, -0.25) is 4.79 Å². The van der Waals surface area contributed by atoms with Gasteiger partial charge in [0.1, 0.15) is 5.82 Å². The topological polar surface area (TPSA) is 61.0 Å². The number of nitrogens with zero attached hydrogens (tertiary/aromatic N) is 2. The van der Waals surface area contributed by atoms with Crippen molar-refractivity contribution in [1.82, 2.24) is 20.2 Å². The summed E-state index contributed by atoms with van der Waals surface area (Å²) in [4.78, 5) is 20.6. The first-order valence-electron chi connectivity index (χ1n) is 7.58. The third-order valence-corrected chi connectivity index (χ3v) is 4.01. The Kier molecular flexibility index (Phi) is 4.57. The number of amides is 1. The van der Waals surface area contributed by atoms with Crippen LogP contribution in [0.4, 0.5) is 13.2 Å². The molecule has 128 valence electrons. The minimum Gasteiger partial charge on any atom is -0.348 e. The summed E-state index contributed by atoms with van der Waals surface area (Å²) in [7, 11) is 0. The van der Waals surface area contributed by atoms with Crippen molar-refractivity contribution in [2.45, 2.75) is 31.7 Å². The third-order valence-electron chi connectivity index (χ3n) is 4.01. The molecule has 0 unspecified atom stereocenters. The van der Waals surface area contributed by atoms with Crippen LogP contribution in [0.2, 0.25) is 0 Å². The maximum Gasteiger partial charge on any atom is 0.416 e. The van der Waals surface area contributed by atoms with Gasteiger partial charge in [0, 0.05) is 37.9 Å². The highest BCUT2D eigenvalue weighted by molar-refractivity contribution is 5.79. The van der Waals surface area contributed by atoms with Crippen molar-refractivity contribution in [3.63, 3.8) is 0 Å². The molecular formula is C16H17F3N4O. The molecule has 2 heterocycles. The number of aromatic amines is 1. The second-order valence-corrected chi connectivity index (χ2v) is 5.75. The van der Waals surface area contributed by atoms with Gasteiger partial charge in [0.2, 0.25) is 5.91 Å². The summed E-state index contributed by atoms with van der Waals surface area (Å²) in [5.74, 6) is 0.604. The first-order valence-corrected chi connectivity index (χ1v) is 7.58.